The number of benzene rings is 2. The van der Waals surface area contributed by atoms with Gasteiger partial charge in [0.1, 0.15) is 11.6 Å². The maximum atomic E-state index is 13.2. The highest BCUT2D eigenvalue weighted by Gasteiger charge is 2.27. The number of nitrogens with one attached hydrogen (secondary N) is 1. The van der Waals surface area contributed by atoms with E-state index in [1.807, 2.05) is 36.4 Å². The Kier molecular flexibility index (Phi) is 7.22. The van der Waals surface area contributed by atoms with Gasteiger partial charge in [0.05, 0.1) is 18.0 Å². The van der Waals surface area contributed by atoms with E-state index < -0.39 is 15.8 Å². The highest BCUT2D eigenvalue weighted by Crippen LogP contribution is 2.25. The lowest BCUT2D eigenvalue weighted by atomic mass is 10.1. The summed E-state index contributed by atoms with van der Waals surface area (Å²) in [7, 11) is -2.12. The molecule has 0 amide bonds. The van der Waals surface area contributed by atoms with E-state index in [9.17, 15) is 12.8 Å². The Hall–Kier alpha value is -3.01. The molecule has 0 spiro atoms. The number of piperazine rings is 1. The monoisotopic (exact) mass is 470 g/mol. The lowest BCUT2D eigenvalue weighted by Crippen LogP contribution is -2.49. The number of sulfonamides is 1. The average Bonchev–Trinajstić information content (AvgIpc) is 2.85. The number of pyridine rings is 1. The molecule has 174 valence electrons. The molecule has 1 fully saturated rings. The fourth-order valence-electron chi connectivity index (χ4n) is 4.00. The van der Waals surface area contributed by atoms with Crippen molar-refractivity contribution in [3.8, 4) is 5.75 Å². The van der Waals surface area contributed by atoms with Crippen molar-refractivity contribution in [2.45, 2.75) is 10.9 Å². The Morgan fingerprint density at radius 1 is 1.03 bits per heavy atom. The van der Waals surface area contributed by atoms with E-state index in [2.05, 4.69) is 19.5 Å². The van der Waals surface area contributed by atoms with E-state index in [0.717, 1.165) is 55.3 Å². The Morgan fingerprint density at radius 3 is 2.33 bits per heavy atom. The van der Waals surface area contributed by atoms with Crippen molar-refractivity contribution in [1.82, 2.24) is 14.6 Å². The normalized spacial score (nSPS) is 15.9. The van der Waals surface area contributed by atoms with Crippen LogP contribution in [0.25, 0.3) is 0 Å². The molecular weight excluding hydrogens is 443 g/mol. The zero-order valence-electron chi connectivity index (χ0n) is 18.4. The molecule has 1 aromatic heterocycles. The Balaban J connectivity index is 1.46. The number of nitrogens with zero attached hydrogens (tertiary/aromatic N) is 3. The summed E-state index contributed by atoms with van der Waals surface area (Å²) in [5.74, 6) is 0.347. The van der Waals surface area contributed by atoms with E-state index in [-0.39, 0.29) is 17.5 Å². The topological polar surface area (TPSA) is 74.8 Å². The van der Waals surface area contributed by atoms with Gasteiger partial charge in [0.2, 0.25) is 10.0 Å². The molecular formula is C24H27FN4O3S. The molecule has 0 saturated carbocycles. The summed E-state index contributed by atoms with van der Waals surface area (Å²) in [6.07, 6.45) is 3.47. The average molecular weight is 471 g/mol. The van der Waals surface area contributed by atoms with Gasteiger partial charge in [0.15, 0.2) is 0 Å². The Bertz CT molecular complexity index is 1130. The van der Waals surface area contributed by atoms with Gasteiger partial charge < -0.3 is 9.64 Å². The fourth-order valence-corrected chi connectivity index (χ4v) is 5.04. The number of methoxy groups -OCH3 is 1. The smallest absolute Gasteiger partial charge is 0.240 e. The SMILES string of the molecule is COc1ccc(N2CCN([C@H](CNS(=O)(=O)c3ccc(F)cc3)c3cccnc3)CC2)cc1. The van der Waals surface area contributed by atoms with Crippen molar-refractivity contribution in [1.29, 1.82) is 0 Å². The largest absolute Gasteiger partial charge is 0.497 e. The standard InChI is InChI=1S/C24H27FN4O3S/c1-32-22-8-6-21(7-9-22)28-13-15-29(16-14-28)24(19-3-2-12-26-17-19)18-27-33(30,31)23-10-4-20(25)5-11-23/h2-12,17,24,27H,13-16,18H2,1H3/t24-/m1/s1. The molecule has 1 atom stereocenters. The van der Waals surface area contributed by atoms with Crippen molar-refractivity contribution in [3.63, 3.8) is 0 Å². The van der Waals surface area contributed by atoms with Crippen LogP contribution in [0.4, 0.5) is 10.1 Å². The molecule has 1 aliphatic rings. The first-order valence-electron chi connectivity index (χ1n) is 10.7. The number of anilines is 1. The van der Waals surface area contributed by atoms with Gasteiger partial charge in [-0.2, -0.15) is 0 Å². The van der Waals surface area contributed by atoms with Crippen molar-refractivity contribution in [2.75, 3.05) is 44.7 Å². The first kappa shape index (κ1) is 23.2. The third-order valence-corrected chi connectivity index (χ3v) is 7.29. The molecule has 1 N–H and O–H groups in total. The van der Waals surface area contributed by atoms with Crippen LogP contribution < -0.4 is 14.4 Å². The van der Waals surface area contributed by atoms with Gasteiger partial charge in [0, 0.05) is 50.8 Å². The lowest BCUT2D eigenvalue weighted by molar-refractivity contribution is 0.186. The summed E-state index contributed by atoms with van der Waals surface area (Å²) in [5.41, 5.74) is 2.07. The number of halogens is 1. The molecule has 0 aliphatic carbocycles. The summed E-state index contributed by atoms with van der Waals surface area (Å²) in [6, 6.07) is 16.4. The second-order valence-corrected chi connectivity index (χ2v) is 9.60. The van der Waals surface area contributed by atoms with E-state index >= 15 is 0 Å². The molecule has 33 heavy (non-hydrogen) atoms. The van der Waals surface area contributed by atoms with Crippen molar-refractivity contribution in [3.05, 3.63) is 84.4 Å². The van der Waals surface area contributed by atoms with Crippen LogP contribution in [0.3, 0.4) is 0 Å². The van der Waals surface area contributed by atoms with Gasteiger partial charge in [-0.3, -0.25) is 9.88 Å². The molecule has 0 unspecified atom stereocenters. The number of ether oxygens (including phenoxy) is 1. The Morgan fingerprint density at radius 2 is 1.73 bits per heavy atom. The minimum atomic E-state index is -3.77. The molecule has 1 saturated heterocycles. The van der Waals surface area contributed by atoms with Crippen LogP contribution in [0.5, 0.6) is 5.75 Å². The maximum absolute atomic E-state index is 13.2. The van der Waals surface area contributed by atoms with Crippen molar-refractivity contribution >= 4 is 15.7 Å². The second kappa shape index (κ2) is 10.3. The summed E-state index contributed by atoms with van der Waals surface area (Å²) in [5, 5.41) is 0. The van der Waals surface area contributed by atoms with E-state index in [4.69, 9.17) is 4.74 Å². The van der Waals surface area contributed by atoms with E-state index in [0.29, 0.717) is 0 Å². The zero-order valence-corrected chi connectivity index (χ0v) is 19.2. The van der Waals surface area contributed by atoms with Gasteiger partial charge in [-0.25, -0.2) is 17.5 Å². The van der Waals surface area contributed by atoms with Crippen molar-refractivity contribution < 1.29 is 17.5 Å². The van der Waals surface area contributed by atoms with E-state index in [1.54, 1.807) is 19.5 Å². The molecule has 2 aromatic carbocycles. The van der Waals surface area contributed by atoms with Crippen LogP contribution >= 0.6 is 0 Å². The van der Waals surface area contributed by atoms with E-state index in [1.165, 1.54) is 12.1 Å². The number of hydrogen-bond donors (Lipinski definition) is 1. The molecule has 7 nitrogen and oxygen atoms in total. The third kappa shape index (κ3) is 5.68. The molecule has 1 aliphatic heterocycles. The highest BCUT2D eigenvalue weighted by atomic mass is 32.2. The lowest BCUT2D eigenvalue weighted by Gasteiger charge is -2.40. The molecule has 0 bridgehead atoms. The van der Waals surface area contributed by atoms with Crippen LogP contribution in [0, 0.1) is 5.82 Å². The first-order chi connectivity index (χ1) is 16.0. The van der Waals surface area contributed by atoms with Gasteiger partial charge in [-0.15, -0.1) is 0 Å². The molecule has 2 heterocycles. The summed E-state index contributed by atoms with van der Waals surface area (Å²) in [4.78, 5) is 8.84. The van der Waals surface area contributed by atoms with Crippen LogP contribution in [0.15, 0.2) is 78.0 Å². The second-order valence-electron chi connectivity index (χ2n) is 7.83. The summed E-state index contributed by atoms with van der Waals surface area (Å²) >= 11 is 0. The maximum Gasteiger partial charge on any atom is 0.240 e. The Labute approximate surface area is 193 Å². The van der Waals surface area contributed by atoms with Crippen LogP contribution in [-0.4, -0.2) is 58.1 Å². The van der Waals surface area contributed by atoms with Gasteiger partial charge in [0.25, 0.3) is 0 Å². The quantitative estimate of drug-likeness (QED) is 0.546. The third-order valence-electron chi connectivity index (χ3n) is 5.85. The van der Waals surface area contributed by atoms with Gasteiger partial charge in [-0.05, 0) is 60.2 Å². The predicted octanol–water partition coefficient (Wildman–Crippen LogP) is 3.07. The minimum absolute atomic E-state index is 0.0400. The summed E-state index contributed by atoms with van der Waals surface area (Å²) in [6.45, 7) is 3.35. The zero-order chi connectivity index (χ0) is 23.3. The van der Waals surface area contributed by atoms with Crippen molar-refractivity contribution in [2.24, 2.45) is 0 Å². The molecule has 3 aromatic rings. The summed E-state index contributed by atoms with van der Waals surface area (Å²) < 4.78 is 46.7. The first-order valence-corrected chi connectivity index (χ1v) is 12.2. The van der Waals surface area contributed by atoms with Crippen LogP contribution in [0.2, 0.25) is 0 Å². The molecule has 9 heteroatoms. The van der Waals surface area contributed by atoms with Crippen LogP contribution in [0.1, 0.15) is 11.6 Å². The molecule has 0 radical (unpaired) electrons. The number of rotatable bonds is 8. The number of hydrogen-bond acceptors (Lipinski definition) is 6. The predicted molar refractivity (Wildman–Crippen MR) is 125 cm³/mol. The minimum Gasteiger partial charge on any atom is -0.497 e. The number of aromatic nitrogens is 1. The molecule has 4 rings (SSSR count). The fraction of sp³-hybridized carbons (Fsp3) is 0.292. The highest BCUT2D eigenvalue weighted by molar-refractivity contribution is 7.89. The van der Waals surface area contributed by atoms with Crippen LogP contribution in [-0.2, 0) is 10.0 Å². The van der Waals surface area contributed by atoms with Gasteiger partial charge >= 0.3 is 0 Å². The van der Waals surface area contributed by atoms with Gasteiger partial charge in [-0.1, -0.05) is 6.07 Å².